The van der Waals surface area contributed by atoms with Crippen LogP contribution in [0.2, 0.25) is 0 Å². The number of ether oxygens (including phenoxy) is 1. The van der Waals surface area contributed by atoms with Gasteiger partial charge >= 0.3 is 5.97 Å². The molecular weight excluding hydrogens is 327 g/mol. The van der Waals surface area contributed by atoms with E-state index in [1.807, 2.05) is 0 Å². The lowest BCUT2D eigenvalue weighted by molar-refractivity contribution is -0.148. The number of nitrogens with zero attached hydrogens (tertiary/aromatic N) is 4. The Bertz CT molecular complexity index is 711. The molecule has 1 saturated heterocycles. The lowest BCUT2D eigenvalue weighted by Crippen LogP contribution is -2.49. The molecule has 25 heavy (non-hydrogen) atoms. The number of methoxy groups -OCH3 is 1. The van der Waals surface area contributed by atoms with Crippen LogP contribution in [-0.4, -0.2) is 59.2 Å². The fourth-order valence-electron chi connectivity index (χ4n) is 3.03. The smallest absolute Gasteiger partial charge is 0.327 e. The quantitative estimate of drug-likeness (QED) is 0.759. The second-order valence-corrected chi connectivity index (χ2v) is 6.02. The summed E-state index contributed by atoms with van der Waals surface area (Å²) in [4.78, 5) is 20.7. The van der Waals surface area contributed by atoms with E-state index in [2.05, 4.69) is 19.9 Å². The van der Waals surface area contributed by atoms with E-state index in [1.54, 1.807) is 19.1 Å². The summed E-state index contributed by atoms with van der Waals surface area (Å²) in [5, 5.41) is 3.79. The Labute approximate surface area is 145 Å². The topological polar surface area (TPSA) is 71.7 Å². The van der Waals surface area contributed by atoms with Gasteiger partial charge in [-0.1, -0.05) is 17.3 Å². The highest BCUT2D eigenvalue weighted by atomic mass is 19.1. The molecule has 0 aliphatic carbocycles. The van der Waals surface area contributed by atoms with Crippen LogP contribution in [0.15, 0.2) is 28.8 Å². The van der Waals surface area contributed by atoms with Crippen LogP contribution in [0.1, 0.15) is 23.3 Å². The van der Waals surface area contributed by atoms with Gasteiger partial charge in [-0.2, -0.15) is 4.98 Å². The fourth-order valence-corrected chi connectivity index (χ4v) is 3.03. The van der Waals surface area contributed by atoms with Crippen molar-refractivity contribution in [3.63, 3.8) is 0 Å². The summed E-state index contributed by atoms with van der Waals surface area (Å²) in [6.45, 7) is 5.27. The summed E-state index contributed by atoms with van der Waals surface area (Å²) < 4.78 is 23.3. The first-order chi connectivity index (χ1) is 12.1. The number of carbonyl (C=O) groups excluding carboxylic acids is 1. The number of benzene rings is 1. The summed E-state index contributed by atoms with van der Waals surface area (Å²) in [6, 6.07) is 5.45. The predicted octanol–water partition coefficient (Wildman–Crippen LogP) is 1.55. The van der Waals surface area contributed by atoms with E-state index >= 15 is 0 Å². The molecule has 2 heterocycles. The highest BCUT2D eigenvalue weighted by Gasteiger charge is 2.31. The molecule has 0 amide bonds. The van der Waals surface area contributed by atoms with Crippen molar-refractivity contribution in [2.45, 2.75) is 19.5 Å². The lowest BCUT2D eigenvalue weighted by Gasteiger charge is -2.37. The monoisotopic (exact) mass is 348 g/mol. The summed E-state index contributed by atoms with van der Waals surface area (Å²) in [6.07, 6.45) is 0. The number of rotatable bonds is 5. The number of halogens is 1. The maximum absolute atomic E-state index is 13.2. The molecule has 1 atom stereocenters. The minimum Gasteiger partial charge on any atom is -0.468 e. The van der Waals surface area contributed by atoms with Crippen LogP contribution in [-0.2, 0) is 16.1 Å². The van der Waals surface area contributed by atoms with Crippen molar-refractivity contribution in [1.29, 1.82) is 0 Å². The minimum absolute atomic E-state index is 0.327. The molecular formula is C17H21FN4O3. The van der Waals surface area contributed by atoms with Crippen LogP contribution in [0.3, 0.4) is 0 Å². The second-order valence-electron chi connectivity index (χ2n) is 6.02. The average Bonchev–Trinajstić information content (AvgIpc) is 3.03. The van der Waals surface area contributed by atoms with Crippen molar-refractivity contribution in [3.8, 4) is 0 Å². The Balaban J connectivity index is 1.65. The Morgan fingerprint density at radius 3 is 2.52 bits per heavy atom. The molecule has 1 fully saturated rings. The van der Waals surface area contributed by atoms with Gasteiger partial charge in [0.15, 0.2) is 5.82 Å². The molecule has 0 saturated carbocycles. The largest absolute Gasteiger partial charge is 0.468 e. The number of esters is 1. The second kappa shape index (κ2) is 7.71. The van der Waals surface area contributed by atoms with Gasteiger partial charge in [-0.05, 0) is 24.6 Å². The molecule has 1 aromatic heterocycles. The molecule has 8 heteroatoms. The van der Waals surface area contributed by atoms with Crippen LogP contribution in [0.4, 0.5) is 4.39 Å². The number of piperazine rings is 1. The van der Waals surface area contributed by atoms with Crippen molar-refractivity contribution < 1.29 is 18.4 Å². The van der Waals surface area contributed by atoms with Gasteiger partial charge in [-0.3, -0.25) is 9.80 Å². The van der Waals surface area contributed by atoms with Gasteiger partial charge in [0, 0.05) is 26.2 Å². The third kappa shape index (κ3) is 4.21. The van der Waals surface area contributed by atoms with Gasteiger partial charge in [0.05, 0.1) is 13.7 Å². The van der Waals surface area contributed by atoms with E-state index in [0.29, 0.717) is 31.3 Å². The fraction of sp³-hybridized carbons (Fsp3) is 0.471. The summed E-state index contributed by atoms with van der Waals surface area (Å²) in [5.74, 6) is 0.546. The Kier molecular flexibility index (Phi) is 5.40. The third-order valence-corrected chi connectivity index (χ3v) is 4.31. The van der Waals surface area contributed by atoms with E-state index in [-0.39, 0.29) is 11.8 Å². The van der Waals surface area contributed by atoms with Crippen LogP contribution in [0, 0.1) is 12.7 Å². The third-order valence-electron chi connectivity index (χ3n) is 4.31. The molecule has 3 rings (SSSR count). The van der Waals surface area contributed by atoms with Crippen molar-refractivity contribution in [2.24, 2.45) is 0 Å². The summed E-state index contributed by atoms with van der Waals surface area (Å²) in [5.41, 5.74) is 0.731. The van der Waals surface area contributed by atoms with E-state index < -0.39 is 6.04 Å². The van der Waals surface area contributed by atoms with Crippen LogP contribution < -0.4 is 0 Å². The lowest BCUT2D eigenvalue weighted by atomic mass is 10.0. The molecule has 0 spiro atoms. The molecule has 0 bridgehead atoms. The number of carbonyl (C=O) groups is 1. The maximum atomic E-state index is 13.2. The van der Waals surface area contributed by atoms with Gasteiger partial charge in [0.25, 0.3) is 0 Å². The van der Waals surface area contributed by atoms with E-state index in [1.165, 1.54) is 19.2 Å². The minimum atomic E-state index is -0.529. The maximum Gasteiger partial charge on any atom is 0.327 e. The number of aryl methyl sites for hydroxylation is 1. The average molecular weight is 348 g/mol. The molecule has 1 aliphatic heterocycles. The molecule has 0 radical (unpaired) electrons. The van der Waals surface area contributed by atoms with Crippen LogP contribution in [0.5, 0.6) is 0 Å². The van der Waals surface area contributed by atoms with Crippen LogP contribution in [0.25, 0.3) is 0 Å². The standard InChI is InChI=1S/C17H21FN4O3/c1-12-19-15(25-20-12)11-21-7-9-22(10-8-21)16(17(23)24-2)13-3-5-14(18)6-4-13/h3-6,16H,7-11H2,1-2H3. The zero-order valence-corrected chi connectivity index (χ0v) is 14.3. The Hall–Kier alpha value is -2.32. The number of aromatic nitrogens is 2. The number of hydrogen-bond acceptors (Lipinski definition) is 7. The highest BCUT2D eigenvalue weighted by molar-refractivity contribution is 5.77. The first-order valence-corrected chi connectivity index (χ1v) is 8.15. The van der Waals surface area contributed by atoms with Gasteiger partial charge < -0.3 is 9.26 Å². The van der Waals surface area contributed by atoms with Gasteiger partial charge in [-0.15, -0.1) is 0 Å². The van der Waals surface area contributed by atoms with Crippen molar-refractivity contribution in [2.75, 3.05) is 33.3 Å². The van der Waals surface area contributed by atoms with Gasteiger partial charge in [0.1, 0.15) is 11.9 Å². The highest BCUT2D eigenvalue weighted by Crippen LogP contribution is 2.24. The summed E-state index contributed by atoms with van der Waals surface area (Å²) >= 11 is 0. The van der Waals surface area contributed by atoms with Crippen molar-refractivity contribution in [3.05, 3.63) is 47.4 Å². The van der Waals surface area contributed by atoms with Crippen molar-refractivity contribution >= 4 is 5.97 Å². The zero-order chi connectivity index (χ0) is 17.8. The number of hydrogen-bond donors (Lipinski definition) is 0. The van der Waals surface area contributed by atoms with Gasteiger partial charge in [-0.25, -0.2) is 9.18 Å². The molecule has 2 aromatic rings. The van der Waals surface area contributed by atoms with E-state index in [0.717, 1.165) is 18.7 Å². The zero-order valence-electron chi connectivity index (χ0n) is 14.3. The Morgan fingerprint density at radius 2 is 1.96 bits per heavy atom. The van der Waals surface area contributed by atoms with E-state index in [4.69, 9.17) is 9.26 Å². The predicted molar refractivity (Wildman–Crippen MR) is 87.0 cm³/mol. The first kappa shape index (κ1) is 17.5. The first-order valence-electron chi connectivity index (χ1n) is 8.15. The van der Waals surface area contributed by atoms with Gasteiger partial charge in [0.2, 0.25) is 5.89 Å². The normalized spacial score (nSPS) is 17.4. The Morgan fingerprint density at radius 1 is 1.28 bits per heavy atom. The molecule has 7 nitrogen and oxygen atoms in total. The van der Waals surface area contributed by atoms with E-state index in [9.17, 15) is 9.18 Å². The van der Waals surface area contributed by atoms with Crippen LogP contribution >= 0.6 is 0 Å². The van der Waals surface area contributed by atoms with Crippen molar-refractivity contribution in [1.82, 2.24) is 19.9 Å². The molecule has 134 valence electrons. The molecule has 0 N–H and O–H groups in total. The molecule has 1 aromatic carbocycles. The SMILES string of the molecule is COC(=O)C(c1ccc(F)cc1)N1CCN(Cc2nc(C)no2)CC1. The summed E-state index contributed by atoms with van der Waals surface area (Å²) in [7, 11) is 1.37. The molecule has 1 aliphatic rings. The molecule has 1 unspecified atom stereocenters.